The summed E-state index contributed by atoms with van der Waals surface area (Å²) in [7, 11) is 1.49. The molecule has 1 aromatic carbocycles. The quantitative estimate of drug-likeness (QED) is 0.360. The van der Waals surface area contributed by atoms with Gasteiger partial charge in [-0.3, -0.25) is 0 Å². The van der Waals surface area contributed by atoms with Crippen molar-refractivity contribution in [1.29, 1.82) is 0 Å². The second-order valence-corrected chi connectivity index (χ2v) is 9.56. The van der Waals surface area contributed by atoms with Crippen molar-refractivity contribution in [3.05, 3.63) is 48.4 Å². The van der Waals surface area contributed by atoms with Crippen molar-refractivity contribution in [1.82, 2.24) is 24.6 Å². The number of ether oxygens (including phenoxy) is 1. The van der Waals surface area contributed by atoms with E-state index in [1.54, 1.807) is 55.0 Å². The molecule has 2 aromatic heterocycles. The molecule has 0 bridgehead atoms. The molecule has 4 rings (SSSR count). The van der Waals surface area contributed by atoms with Gasteiger partial charge in [0.1, 0.15) is 6.04 Å². The van der Waals surface area contributed by atoms with E-state index in [-0.39, 0.29) is 19.4 Å². The Bertz CT molecular complexity index is 1280. The molecule has 12 heteroatoms. The molecular weight excluding hydrogens is 509 g/mol. The fraction of sp³-hybridized carbons (Fsp3) is 0.500. The van der Waals surface area contributed by atoms with Crippen molar-refractivity contribution in [2.45, 2.75) is 63.7 Å². The van der Waals surface area contributed by atoms with E-state index in [0.717, 1.165) is 0 Å². The Hall–Kier alpha value is -3.44. The number of imidazole rings is 1. The minimum absolute atomic E-state index is 0.0233. The third-order valence-electron chi connectivity index (χ3n) is 7.05. The average Bonchev–Trinajstić information content (AvgIpc) is 3.34. The molecule has 7 nitrogen and oxygen atoms in total. The number of hydrogen-bond donors (Lipinski definition) is 1. The highest BCUT2D eigenvalue weighted by Crippen LogP contribution is 2.42. The zero-order valence-corrected chi connectivity index (χ0v) is 21.3. The number of alkyl halides is 5. The SMILES string of the molecule is CCN(C(=O)NC(C1CCCC(F)(F)C1)C(F)(F)F)C(C)c1cccc(-c2cn3ccnc3c(OC)n2)c1. The summed E-state index contributed by atoms with van der Waals surface area (Å²) in [6, 6.07) is 3.23. The molecule has 1 saturated carbocycles. The van der Waals surface area contributed by atoms with Crippen LogP contribution in [0.25, 0.3) is 16.9 Å². The van der Waals surface area contributed by atoms with Gasteiger partial charge in [-0.15, -0.1) is 0 Å². The number of urea groups is 1. The van der Waals surface area contributed by atoms with Gasteiger partial charge in [0.2, 0.25) is 5.92 Å². The van der Waals surface area contributed by atoms with Crippen molar-refractivity contribution in [3.8, 4) is 17.1 Å². The Labute approximate surface area is 217 Å². The summed E-state index contributed by atoms with van der Waals surface area (Å²) < 4.78 is 76.6. The first-order chi connectivity index (χ1) is 17.9. The number of fused-ring (bicyclic) bond motifs is 1. The number of carbonyl (C=O) groups excluding carboxylic acids is 1. The Morgan fingerprint density at radius 3 is 2.76 bits per heavy atom. The molecule has 0 spiro atoms. The van der Waals surface area contributed by atoms with Gasteiger partial charge in [0, 0.05) is 43.5 Å². The molecule has 0 radical (unpaired) electrons. The fourth-order valence-electron chi connectivity index (χ4n) is 5.09. The van der Waals surface area contributed by atoms with Crippen LogP contribution in [-0.2, 0) is 0 Å². The van der Waals surface area contributed by atoms with Gasteiger partial charge in [0.15, 0.2) is 5.65 Å². The molecule has 38 heavy (non-hydrogen) atoms. The number of rotatable bonds is 7. The van der Waals surface area contributed by atoms with Crippen molar-refractivity contribution >= 4 is 11.7 Å². The van der Waals surface area contributed by atoms with Crippen molar-refractivity contribution < 1.29 is 31.5 Å². The smallest absolute Gasteiger partial charge is 0.408 e. The van der Waals surface area contributed by atoms with Crippen LogP contribution < -0.4 is 10.1 Å². The van der Waals surface area contributed by atoms with Crippen LogP contribution in [0, 0.1) is 5.92 Å². The number of nitrogens with one attached hydrogen (secondary N) is 1. The summed E-state index contributed by atoms with van der Waals surface area (Å²) in [6.07, 6.45) is -1.12. The highest BCUT2D eigenvalue weighted by atomic mass is 19.4. The Morgan fingerprint density at radius 1 is 1.34 bits per heavy atom. The minimum atomic E-state index is -4.85. The van der Waals surface area contributed by atoms with Crippen LogP contribution >= 0.6 is 0 Å². The van der Waals surface area contributed by atoms with Gasteiger partial charge < -0.3 is 19.4 Å². The summed E-state index contributed by atoms with van der Waals surface area (Å²) >= 11 is 0. The fourth-order valence-corrected chi connectivity index (χ4v) is 5.09. The van der Waals surface area contributed by atoms with Crippen LogP contribution in [0.15, 0.2) is 42.9 Å². The number of benzene rings is 1. The maximum absolute atomic E-state index is 13.9. The van der Waals surface area contributed by atoms with E-state index < -0.39 is 49.0 Å². The third-order valence-corrected chi connectivity index (χ3v) is 7.05. The molecule has 3 aromatic rings. The molecule has 206 valence electrons. The molecular formula is C26H30F5N5O2. The van der Waals surface area contributed by atoms with Crippen LogP contribution in [0.2, 0.25) is 0 Å². The first-order valence-electron chi connectivity index (χ1n) is 12.4. The van der Waals surface area contributed by atoms with Crippen molar-refractivity contribution in [2.24, 2.45) is 5.92 Å². The van der Waals surface area contributed by atoms with Crippen LogP contribution in [0.3, 0.4) is 0 Å². The number of methoxy groups -OCH3 is 1. The molecule has 0 saturated heterocycles. The van der Waals surface area contributed by atoms with E-state index in [0.29, 0.717) is 28.3 Å². The van der Waals surface area contributed by atoms with Gasteiger partial charge in [-0.25, -0.2) is 23.5 Å². The molecule has 3 atom stereocenters. The number of hydrogen-bond acceptors (Lipinski definition) is 4. The van der Waals surface area contributed by atoms with Crippen LogP contribution in [0.1, 0.15) is 51.1 Å². The number of halogens is 5. The molecule has 2 amide bonds. The number of amides is 2. The second kappa shape index (κ2) is 10.7. The Balaban J connectivity index is 1.57. The summed E-state index contributed by atoms with van der Waals surface area (Å²) in [5.41, 5.74) is 2.49. The van der Waals surface area contributed by atoms with Crippen molar-refractivity contribution in [3.63, 3.8) is 0 Å². The van der Waals surface area contributed by atoms with E-state index >= 15 is 0 Å². The van der Waals surface area contributed by atoms with Gasteiger partial charge in [0.25, 0.3) is 5.88 Å². The lowest BCUT2D eigenvalue weighted by atomic mass is 9.81. The molecule has 1 aliphatic carbocycles. The number of nitrogens with zero attached hydrogens (tertiary/aromatic N) is 4. The lowest BCUT2D eigenvalue weighted by molar-refractivity contribution is -0.177. The summed E-state index contributed by atoms with van der Waals surface area (Å²) in [5, 5.41) is 2.03. The predicted octanol–water partition coefficient (Wildman–Crippen LogP) is 6.25. The van der Waals surface area contributed by atoms with Gasteiger partial charge in [-0.2, -0.15) is 13.2 Å². The van der Waals surface area contributed by atoms with Crippen LogP contribution in [0.5, 0.6) is 5.88 Å². The summed E-state index contributed by atoms with van der Waals surface area (Å²) in [6.45, 7) is 3.46. The lowest BCUT2D eigenvalue weighted by Crippen LogP contribution is -2.55. The standard InChI is InChI=1S/C26H30F5N5O2/c1-4-36(24(37)34-21(26(29,30)31)19-9-6-10-25(27,28)14-19)16(2)17-7-5-8-18(13-17)20-15-35-12-11-32-22(35)23(33-20)38-3/h5,7-8,11-13,15-16,19,21H,4,6,9-10,14H2,1-3H3,(H,34,37). The molecule has 1 aliphatic rings. The van der Waals surface area contributed by atoms with Crippen LogP contribution in [0.4, 0.5) is 26.7 Å². The summed E-state index contributed by atoms with van der Waals surface area (Å²) in [5.74, 6) is -4.24. The predicted molar refractivity (Wildman–Crippen MR) is 131 cm³/mol. The Morgan fingerprint density at radius 2 is 2.11 bits per heavy atom. The van der Waals surface area contributed by atoms with Gasteiger partial charge >= 0.3 is 12.2 Å². The highest BCUT2D eigenvalue weighted by molar-refractivity contribution is 5.75. The van der Waals surface area contributed by atoms with E-state index in [2.05, 4.69) is 9.97 Å². The lowest BCUT2D eigenvalue weighted by Gasteiger charge is -2.37. The van der Waals surface area contributed by atoms with Gasteiger partial charge in [-0.05, 0) is 44.2 Å². The maximum atomic E-state index is 13.9. The molecule has 0 aliphatic heterocycles. The molecule has 2 heterocycles. The number of aromatic nitrogens is 3. The second-order valence-electron chi connectivity index (χ2n) is 9.56. The van der Waals surface area contributed by atoms with Crippen LogP contribution in [-0.4, -0.2) is 57.1 Å². The van der Waals surface area contributed by atoms with Gasteiger partial charge in [0.05, 0.1) is 18.8 Å². The maximum Gasteiger partial charge on any atom is 0.408 e. The minimum Gasteiger partial charge on any atom is -0.478 e. The summed E-state index contributed by atoms with van der Waals surface area (Å²) in [4.78, 5) is 23.1. The molecule has 1 fully saturated rings. The highest BCUT2D eigenvalue weighted by Gasteiger charge is 2.50. The normalized spacial score (nSPS) is 19.1. The van der Waals surface area contributed by atoms with E-state index in [1.807, 2.05) is 11.4 Å². The van der Waals surface area contributed by atoms with Gasteiger partial charge in [-0.1, -0.05) is 18.2 Å². The molecule has 1 N–H and O–H groups in total. The number of carbonyl (C=O) groups is 1. The first kappa shape index (κ1) is 27.6. The van der Waals surface area contributed by atoms with E-state index in [1.165, 1.54) is 12.0 Å². The first-order valence-corrected chi connectivity index (χ1v) is 12.4. The molecule has 3 unspecified atom stereocenters. The largest absolute Gasteiger partial charge is 0.478 e. The average molecular weight is 540 g/mol. The Kier molecular flexibility index (Phi) is 7.80. The zero-order valence-electron chi connectivity index (χ0n) is 21.3. The topological polar surface area (TPSA) is 71.8 Å². The third kappa shape index (κ3) is 5.83. The zero-order chi connectivity index (χ0) is 27.7. The monoisotopic (exact) mass is 539 g/mol. The van der Waals surface area contributed by atoms with E-state index in [9.17, 15) is 26.7 Å². The van der Waals surface area contributed by atoms with Crippen molar-refractivity contribution in [2.75, 3.05) is 13.7 Å². The van der Waals surface area contributed by atoms with E-state index in [4.69, 9.17) is 4.74 Å².